The van der Waals surface area contributed by atoms with Crippen LogP contribution in [0.15, 0.2) is 41.1 Å². The van der Waals surface area contributed by atoms with E-state index in [9.17, 15) is 30.7 Å². The Labute approximate surface area is 146 Å². The molecule has 0 spiro atoms. The molecule has 0 saturated carbocycles. The highest BCUT2D eigenvalue weighted by Crippen LogP contribution is 2.35. The van der Waals surface area contributed by atoms with Crippen LogP contribution in [0.4, 0.5) is 30.7 Å². The summed E-state index contributed by atoms with van der Waals surface area (Å²) in [5.41, 5.74) is -1.09. The van der Waals surface area contributed by atoms with E-state index < -0.39 is 30.7 Å². The van der Waals surface area contributed by atoms with Gasteiger partial charge in [-0.1, -0.05) is 0 Å². The summed E-state index contributed by atoms with van der Waals surface area (Å²) in [6, 6.07) is 3.85. The van der Waals surface area contributed by atoms with Crippen molar-refractivity contribution in [3.63, 3.8) is 0 Å². The number of hydrogen-bond acceptors (Lipinski definition) is 4. The van der Waals surface area contributed by atoms with Gasteiger partial charge in [0.25, 0.3) is 0 Å². The molecule has 2 aromatic heterocycles. The third kappa shape index (κ3) is 3.96. The van der Waals surface area contributed by atoms with Crippen LogP contribution in [0, 0.1) is 0 Å². The van der Waals surface area contributed by atoms with Crippen molar-refractivity contribution in [2.45, 2.75) is 18.5 Å². The summed E-state index contributed by atoms with van der Waals surface area (Å²) in [6.07, 6.45) is -6.31. The summed E-state index contributed by atoms with van der Waals surface area (Å²) in [7, 11) is 0. The molecule has 3 aromatic rings. The number of fused-ring (bicyclic) bond motifs is 1. The predicted octanol–water partition coefficient (Wildman–Crippen LogP) is 5.19. The van der Waals surface area contributed by atoms with E-state index in [-0.39, 0.29) is 28.3 Å². The number of alkyl halides is 7. The Kier molecular flexibility index (Phi) is 4.70. The zero-order valence-corrected chi connectivity index (χ0v) is 13.1. The van der Waals surface area contributed by atoms with Gasteiger partial charge < -0.3 is 9.15 Å². The number of benzene rings is 1. The molecule has 0 atom stereocenters. The molecule has 0 fully saturated rings. The van der Waals surface area contributed by atoms with E-state index in [1.165, 1.54) is 12.3 Å². The van der Waals surface area contributed by atoms with Crippen LogP contribution in [-0.2, 0) is 6.18 Å². The minimum absolute atomic E-state index is 0.0127. The molecule has 3 rings (SSSR count). The second kappa shape index (κ2) is 6.71. The molecule has 1 aromatic carbocycles. The van der Waals surface area contributed by atoms with Crippen molar-refractivity contribution in [3.8, 4) is 17.2 Å². The van der Waals surface area contributed by atoms with Crippen molar-refractivity contribution < 1.29 is 39.9 Å². The van der Waals surface area contributed by atoms with E-state index >= 15 is 0 Å². The summed E-state index contributed by atoms with van der Waals surface area (Å²) in [6.45, 7) is -1.62. The van der Waals surface area contributed by atoms with Crippen molar-refractivity contribution in [1.82, 2.24) is 9.97 Å². The zero-order chi connectivity index (χ0) is 19.8. The van der Waals surface area contributed by atoms with Crippen LogP contribution < -0.4 is 4.74 Å². The molecule has 2 heterocycles. The SMILES string of the molecule is FC(F)C(F)(F)COc1cnccc1-c1nc2cc(C(F)(F)F)ccc2o1. The summed E-state index contributed by atoms with van der Waals surface area (Å²) in [5.74, 6) is -4.96. The van der Waals surface area contributed by atoms with Crippen LogP contribution in [0.1, 0.15) is 5.56 Å². The average molecular weight is 394 g/mol. The Hall–Kier alpha value is -2.85. The average Bonchev–Trinajstić information content (AvgIpc) is 3.02. The molecular formula is C16H9F7N2O2. The van der Waals surface area contributed by atoms with Gasteiger partial charge in [0.05, 0.1) is 17.3 Å². The Morgan fingerprint density at radius 3 is 2.48 bits per heavy atom. The first-order valence-electron chi connectivity index (χ1n) is 7.29. The Morgan fingerprint density at radius 1 is 1.07 bits per heavy atom. The van der Waals surface area contributed by atoms with Crippen molar-refractivity contribution in [2.75, 3.05) is 6.61 Å². The number of aromatic nitrogens is 2. The summed E-state index contributed by atoms with van der Waals surface area (Å²) >= 11 is 0. The highest BCUT2D eigenvalue weighted by molar-refractivity contribution is 5.78. The van der Waals surface area contributed by atoms with Gasteiger partial charge >= 0.3 is 18.5 Å². The van der Waals surface area contributed by atoms with Crippen LogP contribution in [0.5, 0.6) is 5.75 Å². The maximum atomic E-state index is 13.0. The van der Waals surface area contributed by atoms with Crippen LogP contribution in [0.2, 0.25) is 0 Å². The quantitative estimate of drug-likeness (QED) is 0.559. The van der Waals surface area contributed by atoms with Crippen LogP contribution in [-0.4, -0.2) is 28.9 Å². The van der Waals surface area contributed by atoms with Gasteiger partial charge in [-0.25, -0.2) is 13.8 Å². The lowest BCUT2D eigenvalue weighted by Gasteiger charge is -2.16. The number of pyridine rings is 1. The number of nitrogens with zero attached hydrogens (tertiary/aromatic N) is 2. The molecule has 4 nitrogen and oxygen atoms in total. The number of ether oxygens (including phenoxy) is 1. The molecule has 0 N–H and O–H groups in total. The molecule has 0 amide bonds. The highest BCUT2D eigenvalue weighted by Gasteiger charge is 2.42. The summed E-state index contributed by atoms with van der Waals surface area (Å²) < 4.78 is 98.9. The minimum Gasteiger partial charge on any atom is -0.485 e. The second-order valence-corrected chi connectivity index (χ2v) is 5.42. The zero-order valence-electron chi connectivity index (χ0n) is 13.1. The molecule has 144 valence electrons. The molecule has 0 unspecified atom stereocenters. The molecule has 0 aliphatic carbocycles. The van der Waals surface area contributed by atoms with E-state index in [4.69, 9.17) is 9.15 Å². The van der Waals surface area contributed by atoms with Gasteiger partial charge in [-0.05, 0) is 24.3 Å². The third-order valence-electron chi connectivity index (χ3n) is 3.47. The number of halogens is 7. The van der Waals surface area contributed by atoms with Crippen LogP contribution >= 0.6 is 0 Å². The molecule has 0 aliphatic rings. The Balaban J connectivity index is 1.95. The maximum absolute atomic E-state index is 13.0. The molecule has 11 heteroatoms. The van der Waals surface area contributed by atoms with Gasteiger partial charge in [-0.15, -0.1) is 0 Å². The lowest BCUT2D eigenvalue weighted by molar-refractivity contribution is -0.148. The lowest BCUT2D eigenvalue weighted by Crippen LogP contribution is -2.33. The van der Waals surface area contributed by atoms with Gasteiger partial charge in [-0.3, -0.25) is 4.98 Å². The second-order valence-electron chi connectivity index (χ2n) is 5.42. The fourth-order valence-electron chi connectivity index (χ4n) is 2.13. The van der Waals surface area contributed by atoms with E-state index in [0.717, 1.165) is 24.4 Å². The first kappa shape index (κ1) is 18.9. The smallest absolute Gasteiger partial charge is 0.416 e. The summed E-state index contributed by atoms with van der Waals surface area (Å²) in [4.78, 5) is 7.53. The van der Waals surface area contributed by atoms with Gasteiger partial charge in [0, 0.05) is 6.20 Å². The molecule has 0 radical (unpaired) electrons. The topological polar surface area (TPSA) is 48.2 Å². The largest absolute Gasteiger partial charge is 0.485 e. The molecule has 0 aliphatic heterocycles. The van der Waals surface area contributed by atoms with Crippen LogP contribution in [0.3, 0.4) is 0 Å². The molecule has 27 heavy (non-hydrogen) atoms. The number of hydrogen-bond donors (Lipinski definition) is 0. The minimum atomic E-state index is -4.58. The van der Waals surface area contributed by atoms with E-state index in [1.54, 1.807) is 0 Å². The standard InChI is InChI=1S/C16H9F7N2O2/c17-14(18)15(19,20)7-26-12-6-24-4-3-9(12)13-25-10-5-8(16(21,22)23)1-2-11(10)27-13/h1-6,14H,7H2. The fourth-order valence-corrected chi connectivity index (χ4v) is 2.13. The lowest BCUT2D eigenvalue weighted by atomic mass is 10.2. The van der Waals surface area contributed by atoms with Crippen molar-refractivity contribution in [1.29, 1.82) is 0 Å². The van der Waals surface area contributed by atoms with Crippen molar-refractivity contribution >= 4 is 11.1 Å². The first-order chi connectivity index (χ1) is 12.6. The highest BCUT2D eigenvalue weighted by atomic mass is 19.4. The maximum Gasteiger partial charge on any atom is 0.416 e. The third-order valence-corrected chi connectivity index (χ3v) is 3.47. The fraction of sp³-hybridized carbons (Fsp3) is 0.250. The van der Waals surface area contributed by atoms with Gasteiger partial charge in [0.2, 0.25) is 5.89 Å². The van der Waals surface area contributed by atoms with Gasteiger partial charge in [0.1, 0.15) is 5.52 Å². The van der Waals surface area contributed by atoms with E-state index in [2.05, 4.69) is 9.97 Å². The van der Waals surface area contributed by atoms with Gasteiger partial charge in [-0.2, -0.15) is 22.0 Å². The first-order valence-corrected chi connectivity index (χ1v) is 7.29. The van der Waals surface area contributed by atoms with E-state index in [1.807, 2.05) is 0 Å². The number of oxazole rings is 1. The Morgan fingerprint density at radius 2 is 1.81 bits per heavy atom. The monoisotopic (exact) mass is 394 g/mol. The number of rotatable bonds is 5. The molecule has 0 bridgehead atoms. The van der Waals surface area contributed by atoms with E-state index in [0.29, 0.717) is 0 Å². The predicted molar refractivity (Wildman–Crippen MR) is 78.7 cm³/mol. The normalized spacial score (nSPS) is 12.7. The molecular weight excluding hydrogens is 385 g/mol. The van der Waals surface area contributed by atoms with Crippen molar-refractivity contribution in [3.05, 3.63) is 42.2 Å². The van der Waals surface area contributed by atoms with Crippen LogP contribution in [0.25, 0.3) is 22.6 Å². The van der Waals surface area contributed by atoms with Crippen molar-refractivity contribution in [2.24, 2.45) is 0 Å². The van der Waals surface area contributed by atoms with Gasteiger partial charge in [0.15, 0.2) is 17.9 Å². The molecule has 0 saturated heterocycles. The Bertz CT molecular complexity index is 953. The summed E-state index contributed by atoms with van der Waals surface area (Å²) in [5, 5.41) is 0.